The molecule has 2 aromatic rings. The fourth-order valence-electron chi connectivity index (χ4n) is 3.61. The van der Waals surface area contributed by atoms with E-state index in [0.717, 1.165) is 12.1 Å². The van der Waals surface area contributed by atoms with E-state index in [9.17, 15) is 27.2 Å². The van der Waals surface area contributed by atoms with Gasteiger partial charge in [0.15, 0.2) is 0 Å². The fourth-order valence-corrected chi connectivity index (χ4v) is 3.61. The minimum atomic E-state index is -4.55. The summed E-state index contributed by atoms with van der Waals surface area (Å²) in [5.74, 6) is -2.46. The predicted molar refractivity (Wildman–Crippen MR) is 100 cm³/mol. The van der Waals surface area contributed by atoms with E-state index >= 15 is 0 Å². The maximum Gasteiger partial charge on any atom is 0.416 e. The molecule has 30 heavy (non-hydrogen) atoms. The van der Waals surface area contributed by atoms with Gasteiger partial charge in [-0.05, 0) is 36.2 Å². The number of amides is 1. The molecule has 158 valence electrons. The Labute approximate surface area is 170 Å². The van der Waals surface area contributed by atoms with Crippen LogP contribution >= 0.6 is 0 Å². The van der Waals surface area contributed by atoms with Gasteiger partial charge in [0.2, 0.25) is 5.91 Å². The van der Waals surface area contributed by atoms with Crippen molar-refractivity contribution in [2.45, 2.75) is 32.0 Å². The third-order valence-corrected chi connectivity index (χ3v) is 5.07. The van der Waals surface area contributed by atoms with Crippen LogP contribution in [0.5, 0.6) is 0 Å². The van der Waals surface area contributed by atoms with Crippen molar-refractivity contribution in [3.05, 3.63) is 82.3 Å². The van der Waals surface area contributed by atoms with E-state index in [1.54, 1.807) is 6.07 Å². The topological polar surface area (TPSA) is 46.6 Å². The summed E-state index contributed by atoms with van der Waals surface area (Å²) < 4.78 is 57.8. The Balaban J connectivity index is 2.05. The quantitative estimate of drug-likeness (QED) is 0.526. The van der Waals surface area contributed by atoms with Gasteiger partial charge in [-0.1, -0.05) is 30.3 Å². The Kier molecular flexibility index (Phi) is 5.96. The Morgan fingerprint density at radius 2 is 1.87 bits per heavy atom. The molecule has 2 aromatic carbocycles. The molecule has 4 nitrogen and oxygen atoms in total. The lowest BCUT2D eigenvalue weighted by Gasteiger charge is -2.34. The van der Waals surface area contributed by atoms with Crippen LogP contribution in [0.1, 0.15) is 36.0 Å². The molecule has 0 saturated carbocycles. The van der Waals surface area contributed by atoms with Crippen LogP contribution in [0.3, 0.4) is 0 Å². The zero-order chi connectivity index (χ0) is 22.1. The maximum absolute atomic E-state index is 13.5. The number of alkyl halides is 3. The van der Waals surface area contributed by atoms with Gasteiger partial charge in [0, 0.05) is 18.0 Å². The average molecular weight is 421 g/mol. The monoisotopic (exact) mass is 421 g/mol. The van der Waals surface area contributed by atoms with E-state index in [0.29, 0.717) is 5.56 Å². The van der Waals surface area contributed by atoms with Crippen molar-refractivity contribution in [2.75, 3.05) is 7.11 Å². The predicted octanol–water partition coefficient (Wildman–Crippen LogP) is 4.81. The molecule has 0 bridgehead atoms. The molecule has 1 aliphatic heterocycles. The van der Waals surface area contributed by atoms with Crippen molar-refractivity contribution in [2.24, 2.45) is 0 Å². The van der Waals surface area contributed by atoms with Crippen LogP contribution in [0.25, 0.3) is 0 Å². The van der Waals surface area contributed by atoms with Gasteiger partial charge in [0.05, 0.1) is 24.8 Å². The SMILES string of the molecule is COC(=O)C1=C(C)N(Cc2cccc(F)c2)C(=O)C[C@@H]1c1cccc(C(F)(F)F)c1. The first-order valence-corrected chi connectivity index (χ1v) is 9.13. The number of esters is 1. The molecule has 0 spiro atoms. The molecule has 1 atom stereocenters. The minimum absolute atomic E-state index is 0.0260. The Hall–Kier alpha value is -3.16. The van der Waals surface area contributed by atoms with Crippen molar-refractivity contribution in [1.29, 1.82) is 0 Å². The Bertz CT molecular complexity index is 1010. The van der Waals surface area contributed by atoms with E-state index in [2.05, 4.69) is 0 Å². The van der Waals surface area contributed by atoms with Crippen LogP contribution in [0.15, 0.2) is 59.8 Å². The second-order valence-electron chi connectivity index (χ2n) is 6.98. The summed E-state index contributed by atoms with van der Waals surface area (Å²) >= 11 is 0. The normalized spacial score (nSPS) is 17.3. The number of nitrogens with zero attached hydrogens (tertiary/aromatic N) is 1. The highest BCUT2D eigenvalue weighted by Crippen LogP contribution is 2.39. The van der Waals surface area contributed by atoms with Crippen LogP contribution in [-0.2, 0) is 27.0 Å². The second-order valence-corrected chi connectivity index (χ2v) is 6.98. The van der Waals surface area contributed by atoms with Crippen molar-refractivity contribution < 1.29 is 31.9 Å². The summed E-state index contributed by atoms with van der Waals surface area (Å²) in [7, 11) is 1.17. The lowest BCUT2D eigenvalue weighted by Crippen LogP contribution is -2.38. The summed E-state index contributed by atoms with van der Waals surface area (Å²) in [6, 6.07) is 10.3. The number of carbonyl (C=O) groups excluding carboxylic acids is 2. The van der Waals surface area contributed by atoms with E-state index in [1.807, 2.05) is 0 Å². The number of methoxy groups -OCH3 is 1. The number of allylic oxidation sites excluding steroid dienone is 1. The van der Waals surface area contributed by atoms with Gasteiger partial charge < -0.3 is 9.64 Å². The molecule has 1 amide bonds. The molecule has 8 heteroatoms. The number of carbonyl (C=O) groups is 2. The number of rotatable bonds is 4. The van der Waals surface area contributed by atoms with Gasteiger partial charge >= 0.3 is 12.1 Å². The first-order chi connectivity index (χ1) is 14.1. The largest absolute Gasteiger partial charge is 0.466 e. The summed E-state index contributed by atoms with van der Waals surface area (Å²) in [6.07, 6.45) is -4.76. The molecular weight excluding hydrogens is 402 g/mol. The summed E-state index contributed by atoms with van der Waals surface area (Å²) in [4.78, 5) is 26.7. The third-order valence-electron chi connectivity index (χ3n) is 5.07. The van der Waals surface area contributed by atoms with Crippen molar-refractivity contribution in [3.63, 3.8) is 0 Å². The number of hydrogen-bond acceptors (Lipinski definition) is 3. The van der Waals surface area contributed by atoms with E-state index in [4.69, 9.17) is 4.74 Å². The van der Waals surface area contributed by atoms with Gasteiger partial charge in [-0.3, -0.25) is 4.79 Å². The molecule has 0 N–H and O–H groups in total. The molecular formula is C22H19F4NO3. The van der Waals surface area contributed by atoms with Crippen LogP contribution in [-0.4, -0.2) is 23.9 Å². The van der Waals surface area contributed by atoms with Gasteiger partial charge in [-0.2, -0.15) is 13.2 Å². The van der Waals surface area contributed by atoms with Gasteiger partial charge in [-0.15, -0.1) is 0 Å². The molecule has 1 aliphatic rings. The summed E-state index contributed by atoms with van der Waals surface area (Å²) in [5.41, 5.74) is 0.224. The first kappa shape index (κ1) is 21.5. The van der Waals surface area contributed by atoms with Gasteiger partial charge in [0.1, 0.15) is 5.82 Å². The minimum Gasteiger partial charge on any atom is -0.466 e. The highest BCUT2D eigenvalue weighted by Gasteiger charge is 2.38. The van der Waals surface area contributed by atoms with Crippen LogP contribution < -0.4 is 0 Å². The number of ether oxygens (including phenoxy) is 1. The van der Waals surface area contributed by atoms with Crippen molar-refractivity contribution in [3.8, 4) is 0 Å². The van der Waals surface area contributed by atoms with E-state index < -0.39 is 29.4 Å². The highest BCUT2D eigenvalue weighted by molar-refractivity contribution is 5.95. The van der Waals surface area contributed by atoms with E-state index in [1.165, 1.54) is 49.3 Å². The van der Waals surface area contributed by atoms with E-state index in [-0.39, 0.29) is 35.7 Å². The highest BCUT2D eigenvalue weighted by atomic mass is 19.4. The summed E-state index contributed by atoms with van der Waals surface area (Å²) in [5, 5.41) is 0. The number of hydrogen-bond donors (Lipinski definition) is 0. The summed E-state index contributed by atoms with van der Waals surface area (Å²) in [6.45, 7) is 1.56. The number of benzene rings is 2. The standard InChI is InChI=1S/C22H19F4NO3/c1-13-20(21(29)30-2)18(15-6-4-7-16(10-15)22(24,25)26)11-19(28)27(13)12-14-5-3-8-17(23)9-14/h3-10,18H,11-12H2,1-2H3/t18-/m1/s1. The van der Waals surface area contributed by atoms with Crippen LogP contribution in [0.4, 0.5) is 17.6 Å². The molecule has 0 fully saturated rings. The van der Waals surface area contributed by atoms with Gasteiger partial charge in [-0.25, -0.2) is 9.18 Å². The molecule has 0 radical (unpaired) electrons. The zero-order valence-corrected chi connectivity index (χ0v) is 16.3. The molecule has 0 unspecified atom stereocenters. The Morgan fingerprint density at radius 1 is 1.17 bits per heavy atom. The zero-order valence-electron chi connectivity index (χ0n) is 16.3. The second kappa shape index (κ2) is 8.30. The molecule has 3 rings (SSSR count). The Morgan fingerprint density at radius 3 is 2.50 bits per heavy atom. The average Bonchev–Trinajstić information content (AvgIpc) is 2.69. The smallest absolute Gasteiger partial charge is 0.416 e. The number of halogens is 4. The third kappa shape index (κ3) is 4.37. The molecule has 0 aliphatic carbocycles. The maximum atomic E-state index is 13.5. The molecule has 1 heterocycles. The van der Waals surface area contributed by atoms with Crippen LogP contribution in [0, 0.1) is 5.82 Å². The lowest BCUT2D eigenvalue weighted by atomic mass is 9.83. The van der Waals surface area contributed by atoms with Crippen molar-refractivity contribution >= 4 is 11.9 Å². The lowest BCUT2D eigenvalue weighted by molar-refractivity contribution is -0.138. The molecule has 0 saturated heterocycles. The first-order valence-electron chi connectivity index (χ1n) is 9.13. The molecule has 0 aromatic heterocycles. The fraction of sp³-hybridized carbons (Fsp3) is 0.273. The van der Waals surface area contributed by atoms with Crippen molar-refractivity contribution in [1.82, 2.24) is 4.90 Å². The van der Waals surface area contributed by atoms with Gasteiger partial charge in [0.25, 0.3) is 0 Å². The van der Waals surface area contributed by atoms with Crippen LogP contribution in [0.2, 0.25) is 0 Å².